The van der Waals surface area contributed by atoms with Crippen LogP contribution in [0.1, 0.15) is 29.6 Å². The molecule has 2 aromatic rings. The molecule has 0 saturated carbocycles. The molecule has 0 aliphatic rings. The summed E-state index contributed by atoms with van der Waals surface area (Å²) in [5.74, 6) is -0.0670. The lowest BCUT2D eigenvalue weighted by molar-refractivity contribution is 0.0954. The number of amides is 1. The molecule has 4 nitrogen and oxygen atoms in total. The monoisotopic (exact) mass is 258 g/mol. The summed E-state index contributed by atoms with van der Waals surface area (Å²) < 4.78 is 0. The zero-order valence-corrected chi connectivity index (χ0v) is 10.8. The zero-order chi connectivity index (χ0) is 13.5. The van der Waals surface area contributed by atoms with Gasteiger partial charge in [-0.15, -0.1) is 0 Å². The fourth-order valence-electron chi connectivity index (χ4n) is 2.01. The first-order chi connectivity index (χ1) is 9.33. The third kappa shape index (κ3) is 3.51. The molecule has 0 fully saturated rings. The highest BCUT2D eigenvalue weighted by Gasteiger charge is 2.08. The first-order valence-electron chi connectivity index (χ1n) is 6.56. The normalized spacial score (nSPS) is 10.6. The molecular weight excluding hydrogens is 240 g/mol. The number of unbranched alkanes of at least 4 members (excludes halogenated alkanes) is 2. The summed E-state index contributed by atoms with van der Waals surface area (Å²) in [6.07, 6.45) is 4.32. The van der Waals surface area contributed by atoms with E-state index in [1.54, 1.807) is 6.20 Å². The Labute approximate surface area is 112 Å². The molecule has 0 saturated heterocycles. The minimum Gasteiger partial charge on any atom is -0.396 e. The lowest BCUT2D eigenvalue weighted by atomic mass is 10.1. The molecule has 0 aliphatic carbocycles. The van der Waals surface area contributed by atoms with Crippen LogP contribution in [0.5, 0.6) is 0 Å². The summed E-state index contributed by atoms with van der Waals surface area (Å²) in [7, 11) is 0. The fraction of sp³-hybridized carbons (Fsp3) is 0.333. The standard InChI is InChI=1S/C15H18N2O2/c18-11-3-1-2-9-17-15(19)13-6-4-8-14-12(13)7-5-10-16-14/h4-8,10,18H,1-3,9,11H2,(H,17,19). The molecule has 0 atom stereocenters. The van der Waals surface area contributed by atoms with Crippen LogP contribution in [0.2, 0.25) is 0 Å². The summed E-state index contributed by atoms with van der Waals surface area (Å²) in [5.41, 5.74) is 1.49. The van der Waals surface area contributed by atoms with Crippen molar-refractivity contribution in [3.63, 3.8) is 0 Å². The summed E-state index contributed by atoms with van der Waals surface area (Å²) in [6.45, 7) is 0.846. The molecule has 0 radical (unpaired) electrons. The smallest absolute Gasteiger partial charge is 0.251 e. The number of benzene rings is 1. The first-order valence-corrected chi connectivity index (χ1v) is 6.56. The van der Waals surface area contributed by atoms with Crippen LogP contribution in [0.25, 0.3) is 10.9 Å². The number of nitrogens with zero attached hydrogens (tertiary/aromatic N) is 1. The van der Waals surface area contributed by atoms with E-state index in [0.717, 1.165) is 30.2 Å². The van der Waals surface area contributed by atoms with Crippen LogP contribution in [0, 0.1) is 0 Å². The van der Waals surface area contributed by atoms with E-state index in [1.807, 2.05) is 30.3 Å². The van der Waals surface area contributed by atoms with Gasteiger partial charge in [0, 0.05) is 30.3 Å². The number of rotatable bonds is 6. The highest BCUT2D eigenvalue weighted by Crippen LogP contribution is 2.16. The van der Waals surface area contributed by atoms with E-state index in [2.05, 4.69) is 10.3 Å². The van der Waals surface area contributed by atoms with E-state index in [9.17, 15) is 4.79 Å². The summed E-state index contributed by atoms with van der Waals surface area (Å²) in [6, 6.07) is 9.29. The molecule has 0 unspecified atom stereocenters. The van der Waals surface area contributed by atoms with Crippen LogP contribution in [0.4, 0.5) is 0 Å². The van der Waals surface area contributed by atoms with Crippen LogP contribution in [0.3, 0.4) is 0 Å². The van der Waals surface area contributed by atoms with Gasteiger partial charge in [0.2, 0.25) is 0 Å². The van der Waals surface area contributed by atoms with Crippen molar-refractivity contribution < 1.29 is 9.90 Å². The zero-order valence-electron chi connectivity index (χ0n) is 10.8. The second-order valence-corrected chi connectivity index (χ2v) is 4.42. The first kappa shape index (κ1) is 13.5. The van der Waals surface area contributed by atoms with Crippen molar-refractivity contribution in [1.82, 2.24) is 10.3 Å². The second kappa shape index (κ2) is 6.85. The average molecular weight is 258 g/mol. The maximum atomic E-state index is 12.1. The molecule has 1 aromatic carbocycles. The number of aliphatic hydroxyl groups excluding tert-OH is 1. The SMILES string of the molecule is O=C(NCCCCCO)c1cccc2ncccc12. The predicted molar refractivity (Wildman–Crippen MR) is 75.0 cm³/mol. The van der Waals surface area contributed by atoms with E-state index >= 15 is 0 Å². The third-order valence-corrected chi connectivity index (χ3v) is 3.01. The minimum absolute atomic E-state index is 0.0670. The van der Waals surface area contributed by atoms with Crippen molar-refractivity contribution in [3.05, 3.63) is 42.1 Å². The van der Waals surface area contributed by atoms with Gasteiger partial charge < -0.3 is 10.4 Å². The maximum absolute atomic E-state index is 12.1. The van der Waals surface area contributed by atoms with E-state index in [-0.39, 0.29) is 12.5 Å². The number of hydrogen-bond acceptors (Lipinski definition) is 3. The fourth-order valence-corrected chi connectivity index (χ4v) is 2.01. The number of hydrogen-bond donors (Lipinski definition) is 2. The van der Waals surface area contributed by atoms with Crippen molar-refractivity contribution in [1.29, 1.82) is 0 Å². The molecular formula is C15H18N2O2. The predicted octanol–water partition coefficient (Wildman–Crippen LogP) is 2.13. The summed E-state index contributed by atoms with van der Waals surface area (Å²) in [5, 5.41) is 12.5. The van der Waals surface area contributed by atoms with Crippen molar-refractivity contribution in [2.45, 2.75) is 19.3 Å². The molecule has 0 spiro atoms. The van der Waals surface area contributed by atoms with E-state index < -0.39 is 0 Å². The Morgan fingerprint density at radius 2 is 2.05 bits per heavy atom. The van der Waals surface area contributed by atoms with E-state index in [4.69, 9.17) is 5.11 Å². The van der Waals surface area contributed by atoms with Crippen molar-refractivity contribution in [2.75, 3.05) is 13.2 Å². The topological polar surface area (TPSA) is 62.2 Å². The highest BCUT2D eigenvalue weighted by molar-refractivity contribution is 6.06. The van der Waals surface area contributed by atoms with Crippen LogP contribution in [-0.2, 0) is 0 Å². The van der Waals surface area contributed by atoms with Gasteiger partial charge in [-0.25, -0.2) is 0 Å². The largest absolute Gasteiger partial charge is 0.396 e. The van der Waals surface area contributed by atoms with Gasteiger partial charge in [0.1, 0.15) is 0 Å². The van der Waals surface area contributed by atoms with Gasteiger partial charge in [0.15, 0.2) is 0 Å². The molecule has 2 rings (SSSR count). The lowest BCUT2D eigenvalue weighted by Crippen LogP contribution is -2.24. The number of fused-ring (bicyclic) bond motifs is 1. The lowest BCUT2D eigenvalue weighted by Gasteiger charge is -2.07. The average Bonchev–Trinajstić information content (AvgIpc) is 2.46. The second-order valence-electron chi connectivity index (χ2n) is 4.42. The number of pyridine rings is 1. The number of carbonyl (C=O) groups is 1. The highest BCUT2D eigenvalue weighted by atomic mass is 16.2. The number of carbonyl (C=O) groups excluding carboxylic acids is 1. The Morgan fingerprint density at radius 3 is 2.89 bits per heavy atom. The summed E-state index contributed by atoms with van der Waals surface area (Å²) >= 11 is 0. The Hall–Kier alpha value is -1.94. The quantitative estimate of drug-likeness (QED) is 0.780. The molecule has 1 heterocycles. The van der Waals surface area contributed by atoms with Crippen molar-refractivity contribution in [2.24, 2.45) is 0 Å². The third-order valence-electron chi connectivity index (χ3n) is 3.01. The number of aromatic nitrogens is 1. The van der Waals surface area contributed by atoms with Gasteiger partial charge >= 0.3 is 0 Å². The van der Waals surface area contributed by atoms with Gasteiger partial charge in [-0.05, 0) is 37.5 Å². The Kier molecular flexibility index (Phi) is 4.86. The molecule has 4 heteroatoms. The van der Waals surface area contributed by atoms with E-state index in [0.29, 0.717) is 12.1 Å². The maximum Gasteiger partial charge on any atom is 0.251 e. The van der Waals surface area contributed by atoms with Crippen molar-refractivity contribution in [3.8, 4) is 0 Å². The van der Waals surface area contributed by atoms with Crippen LogP contribution in [0.15, 0.2) is 36.5 Å². The Bertz CT molecular complexity index is 549. The number of nitrogens with one attached hydrogen (secondary N) is 1. The minimum atomic E-state index is -0.0670. The van der Waals surface area contributed by atoms with Gasteiger partial charge in [0.25, 0.3) is 5.91 Å². The Balaban J connectivity index is 2.01. The van der Waals surface area contributed by atoms with Gasteiger partial charge in [-0.1, -0.05) is 12.1 Å². The molecule has 2 N–H and O–H groups in total. The molecule has 0 aliphatic heterocycles. The van der Waals surface area contributed by atoms with Gasteiger partial charge in [-0.2, -0.15) is 0 Å². The van der Waals surface area contributed by atoms with Crippen LogP contribution < -0.4 is 5.32 Å². The van der Waals surface area contributed by atoms with Crippen LogP contribution in [-0.4, -0.2) is 29.1 Å². The molecule has 1 amide bonds. The summed E-state index contributed by atoms with van der Waals surface area (Å²) in [4.78, 5) is 16.3. The van der Waals surface area contributed by atoms with Gasteiger partial charge in [-0.3, -0.25) is 9.78 Å². The molecule has 1 aromatic heterocycles. The molecule has 100 valence electrons. The molecule has 0 bridgehead atoms. The van der Waals surface area contributed by atoms with Crippen molar-refractivity contribution >= 4 is 16.8 Å². The number of aliphatic hydroxyl groups is 1. The van der Waals surface area contributed by atoms with Crippen LogP contribution >= 0.6 is 0 Å². The Morgan fingerprint density at radius 1 is 1.16 bits per heavy atom. The van der Waals surface area contributed by atoms with E-state index in [1.165, 1.54) is 0 Å². The molecule has 19 heavy (non-hydrogen) atoms. The van der Waals surface area contributed by atoms with Gasteiger partial charge in [0.05, 0.1) is 5.52 Å².